The topological polar surface area (TPSA) is 49.4 Å². The molecule has 1 saturated heterocycles. The second-order valence-electron chi connectivity index (χ2n) is 5.00. The van der Waals surface area contributed by atoms with E-state index in [1.54, 1.807) is 4.90 Å². The highest BCUT2D eigenvalue weighted by Gasteiger charge is 2.53. The van der Waals surface area contributed by atoms with E-state index in [2.05, 4.69) is 19.2 Å². The lowest BCUT2D eigenvalue weighted by atomic mass is 9.95. The van der Waals surface area contributed by atoms with Gasteiger partial charge in [0.05, 0.1) is 0 Å². The van der Waals surface area contributed by atoms with Gasteiger partial charge in [0.25, 0.3) is 5.91 Å². The molecule has 1 N–H and O–H groups in total. The predicted molar refractivity (Wildman–Crippen MR) is 56.3 cm³/mol. The molecule has 4 nitrogen and oxygen atoms in total. The van der Waals surface area contributed by atoms with Gasteiger partial charge in [-0.15, -0.1) is 0 Å². The van der Waals surface area contributed by atoms with Crippen molar-refractivity contribution in [3.8, 4) is 0 Å². The Balaban J connectivity index is 2.24. The van der Waals surface area contributed by atoms with Gasteiger partial charge < -0.3 is 4.90 Å². The maximum Gasteiger partial charge on any atom is 0.325 e. The number of imide groups is 1. The van der Waals surface area contributed by atoms with Gasteiger partial charge in [-0.2, -0.15) is 0 Å². The lowest BCUT2D eigenvalue weighted by Crippen LogP contribution is -2.48. The van der Waals surface area contributed by atoms with Crippen molar-refractivity contribution in [3.05, 3.63) is 0 Å². The molecule has 2 rings (SSSR count). The molecule has 1 aliphatic carbocycles. The van der Waals surface area contributed by atoms with E-state index >= 15 is 0 Å². The summed E-state index contributed by atoms with van der Waals surface area (Å²) in [6, 6.07) is -0.199. The third kappa shape index (κ3) is 1.52. The van der Waals surface area contributed by atoms with Gasteiger partial charge in [0, 0.05) is 6.54 Å². The summed E-state index contributed by atoms with van der Waals surface area (Å²) in [6.07, 6.45) is 3.76. The van der Waals surface area contributed by atoms with E-state index in [9.17, 15) is 9.59 Å². The largest absolute Gasteiger partial charge is 0.325 e. The third-order valence-corrected chi connectivity index (χ3v) is 3.38. The van der Waals surface area contributed by atoms with Crippen molar-refractivity contribution >= 4 is 11.9 Å². The smallest absolute Gasteiger partial charge is 0.309 e. The van der Waals surface area contributed by atoms with Gasteiger partial charge in [0.2, 0.25) is 0 Å². The first-order valence-corrected chi connectivity index (χ1v) is 5.69. The van der Waals surface area contributed by atoms with E-state index in [1.807, 2.05) is 0 Å². The molecule has 0 aromatic heterocycles. The normalized spacial score (nSPS) is 24.3. The van der Waals surface area contributed by atoms with Crippen molar-refractivity contribution in [2.75, 3.05) is 6.54 Å². The molecular weight excluding hydrogens is 192 g/mol. The molecular formula is C11H18N2O2. The Kier molecular flexibility index (Phi) is 2.44. The summed E-state index contributed by atoms with van der Waals surface area (Å²) in [5.41, 5.74) is -0.499. The molecule has 0 aromatic rings. The van der Waals surface area contributed by atoms with Crippen LogP contribution in [0.1, 0.15) is 39.5 Å². The summed E-state index contributed by atoms with van der Waals surface area (Å²) in [7, 11) is 0. The van der Waals surface area contributed by atoms with Crippen LogP contribution in [-0.2, 0) is 4.79 Å². The van der Waals surface area contributed by atoms with Crippen LogP contribution >= 0.6 is 0 Å². The minimum absolute atomic E-state index is 0.0781. The van der Waals surface area contributed by atoms with Crippen LogP contribution in [-0.4, -0.2) is 28.9 Å². The van der Waals surface area contributed by atoms with E-state index in [4.69, 9.17) is 0 Å². The third-order valence-electron chi connectivity index (χ3n) is 3.38. The molecule has 2 aliphatic rings. The molecule has 1 saturated carbocycles. The molecule has 2 fully saturated rings. The highest BCUT2D eigenvalue weighted by Crippen LogP contribution is 2.38. The molecule has 0 atom stereocenters. The van der Waals surface area contributed by atoms with Gasteiger partial charge in [0.15, 0.2) is 0 Å². The van der Waals surface area contributed by atoms with Gasteiger partial charge in [-0.1, -0.05) is 26.7 Å². The maximum atomic E-state index is 11.8. The van der Waals surface area contributed by atoms with Crippen LogP contribution in [0.3, 0.4) is 0 Å². The standard InChI is InChI=1S/C11H18N2O2/c1-8(2)7-13-10(15)12-9(14)11(13)5-3-4-6-11/h8H,3-7H2,1-2H3,(H,12,14,15). The van der Waals surface area contributed by atoms with Gasteiger partial charge in [-0.3, -0.25) is 10.1 Å². The van der Waals surface area contributed by atoms with Crippen LogP contribution in [0.15, 0.2) is 0 Å². The van der Waals surface area contributed by atoms with E-state index < -0.39 is 5.54 Å². The first-order valence-electron chi connectivity index (χ1n) is 5.69. The molecule has 1 spiro atoms. The number of carbonyl (C=O) groups is 2. The van der Waals surface area contributed by atoms with Crippen molar-refractivity contribution < 1.29 is 9.59 Å². The number of nitrogens with one attached hydrogen (secondary N) is 1. The lowest BCUT2D eigenvalue weighted by molar-refractivity contribution is -0.126. The first kappa shape index (κ1) is 10.5. The van der Waals surface area contributed by atoms with E-state index in [0.29, 0.717) is 12.5 Å². The minimum atomic E-state index is -0.499. The summed E-state index contributed by atoms with van der Waals surface area (Å²) in [5, 5.41) is 2.45. The summed E-state index contributed by atoms with van der Waals surface area (Å²) >= 11 is 0. The monoisotopic (exact) mass is 210 g/mol. The summed E-state index contributed by atoms with van der Waals surface area (Å²) in [4.78, 5) is 25.3. The number of urea groups is 1. The van der Waals surface area contributed by atoms with Crippen LogP contribution in [0.25, 0.3) is 0 Å². The quantitative estimate of drug-likeness (QED) is 0.702. The van der Waals surface area contributed by atoms with Crippen LogP contribution < -0.4 is 5.32 Å². The fourth-order valence-electron chi connectivity index (χ4n) is 2.68. The van der Waals surface area contributed by atoms with Crippen molar-refractivity contribution in [2.24, 2.45) is 5.92 Å². The molecule has 0 aromatic carbocycles. The van der Waals surface area contributed by atoms with Crippen molar-refractivity contribution in [1.82, 2.24) is 10.2 Å². The fraction of sp³-hybridized carbons (Fsp3) is 0.818. The van der Waals surface area contributed by atoms with Crippen LogP contribution in [0, 0.1) is 5.92 Å². The van der Waals surface area contributed by atoms with Gasteiger partial charge in [-0.25, -0.2) is 4.79 Å². The van der Waals surface area contributed by atoms with Crippen LogP contribution in [0.2, 0.25) is 0 Å². The maximum absolute atomic E-state index is 11.8. The minimum Gasteiger partial charge on any atom is -0.309 e. The number of hydrogen-bond acceptors (Lipinski definition) is 2. The Bertz CT molecular complexity index is 293. The summed E-state index contributed by atoms with van der Waals surface area (Å²) < 4.78 is 0. The Labute approximate surface area is 90.0 Å². The molecule has 1 aliphatic heterocycles. The molecule has 0 bridgehead atoms. The van der Waals surface area contributed by atoms with Gasteiger partial charge >= 0.3 is 6.03 Å². The number of carbonyl (C=O) groups excluding carboxylic acids is 2. The van der Waals surface area contributed by atoms with Gasteiger partial charge in [0.1, 0.15) is 5.54 Å². The molecule has 4 heteroatoms. The van der Waals surface area contributed by atoms with Crippen molar-refractivity contribution in [2.45, 2.75) is 45.1 Å². The number of hydrogen-bond donors (Lipinski definition) is 1. The highest BCUT2D eigenvalue weighted by atomic mass is 16.2. The molecule has 15 heavy (non-hydrogen) atoms. The van der Waals surface area contributed by atoms with Gasteiger partial charge in [-0.05, 0) is 18.8 Å². The first-order chi connectivity index (χ1) is 7.06. The number of rotatable bonds is 2. The zero-order valence-electron chi connectivity index (χ0n) is 9.38. The number of amides is 3. The molecule has 0 radical (unpaired) electrons. The predicted octanol–water partition coefficient (Wildman–Crippen LogP) is 1.51. The molecule has 1 heterocycles. The van der Waals surface area contributed by atoms with E-state index in [1.165, 1.54) is 0 Å². The fourth-order valence-corrected chi connectivity index (χ4v) is 2.68. The summed E-state index contributed by atoms with van der Waals surface area (Å²) in [6.45, 7) is 4.81. The van der Waals surface area contributed by atoms with Crippen LogP contribution in [0.5, 0.6) is 0 Å². The Hall–Kier alpha value is -1.06. The van der Waals surface area contributed by atoms with Crippen molar-refractivity contribution in [1.29, 1.82) is 0 Å². The Morgan fingerprint density at radius 1 is 1.33 bits per heavy atom. The Morgan fingerprint density at radius 3 is 2.47 bits per heavy atom. The second kappa shape index (κ2) is 3.51. The molecule has 3 amide bonds. The molecule has 84 valence electrons. The highest BCUT2D eigenvalue weighted by molar-refractivity contribution is 6.07. The van der Waals surface area contributed by atoms with E-state index in [-0.39, 0.29) is 11.9 Å². The Morgan fingerprint density at radius 2 is 1.93 bits per heavy atom. The van der Waals surface area contributed by atoms with Crippen LogP contribution in [0.4, 0.5) is 4.79 Å². The average molecular weight is 210 g/mol. The lowest BCUT2D eigenvalue weighted by Gasteiger charge is -2.32. The van der Waals surface area contributed by atoms with E-state index in [0.717, 1.165) is 25.7 Å². The summed E-state index contributed by atoms with van der Waals surface area (Å²) in [5.74, 6) is 0.324. The number of nitrogens with zero attached hydrogens (tertiary/aromatic N) is 1. The second-order valence-corrected chi connectivity index (χ2v) is 5.00. The zero-order chi connectivity index (χ0) is 11.1. The zero-order valence-corrected chi connectivity index (χ0v) is 9.38. The molecule has 0 unspecified atom stereocenters. The van der Waals surface area contributed by atoms with Crippen molar-refractivity contribution in [3.63, 3.8) is 0 Å². The average Bonchev–Trinajstić information content (AvgIpc) is 2.69. The SMILES string of the molecule is CC(C)CN1C(=O)NC(=O)C12CCCC2.